The fraction of sp³-hybridized carbons (Fsp3) is 0.231. The highest BCUT2D eigenvalue weighted by atomic mass is 16.3. The zero-order valence-electron chi connectivity index (χ0n) is 11.1. The van der Waals surface area contributed by atoms with E-state index in [1.807, 2.05) is 30.3 Å². The number of nitrogens with one attached hydrogen (secondary N) is 3. The average molecular weight is 275 g/mol. The Balaban J connectivity index is 2.01. The molecule has 1 heterocycles. The Bertz CT molecular complexity index is 582. The first kappa shape index (κ1) is 13.9. The van der Waals surface area contributed by atoms with Crippen molar-refractivity contribution < 1.29 is 9.90 Å². The first-order valence-electron chi connectivity index (χ1n) is 6.15. The van der Waals surface area contributed by atoms with E-state index in [2.05, 4.69) is 20.8 Å². The predicted molar refractivity (Wildman–Crippen MR) is 76.2 cm³/mol. The monoisotopic (exact) mass is 275 g/mol. The van der Waals surface area contributed by atoms with Gasteiger partial charge in [0.2, 0.25) is 0 Å². The van der Waals surface area contributed by atoms with E-state index in [0.29, 0.717) is 17.2 Å². The smallest absolute Gasteiger partial charge is 0.321 e. The number of rotatable bonds is 4. The molecule has 2 aromatic rings. The van der Waals surface area contributed by atoms with Crippen molar-refractivity contribution in [3.63, 3.8) is 0 Å². The maximum atomic E-state index is 11.9. The van der Waals surface area contributed by atoms with Crippen LogP contribution in [0, 0.1) is 6.92 Å². The van der Waals surface area contributed by atoms with Gasteiger partial charge in [0.05, 0.1) is 12.6 Å². The van der Waals surface area contributed by atoms with Crippen LogP contribution in [0.1, 0.15) is 17.2 Å². The van der Waals surface area contributed by atoms with Crippen molar-refractivity contribution in [3.8, 4) is 0 Å². The standard InChI is InChI=1S/C13H17N5O2/c1-8-11(14)17-18-12(8)16-13(20)15-10(7-19)9-5-3-2-4-6-9/h2-6,10,19H,7H2,1H3,(H5,14,15,16,17,18,20)/t10-/m1/s1. The Morgan fingerprint density at radius 3 is 2.70 bits per heavy atom. The number of nitrogens with two attached hydrogens (primary N) is 1. The average Bonchev–Trinajstić information content (AvgIpc) is 2.77. The van der Waals surface area contributed by atoms with E-state index in [4.69, 9.17) is 5.73 Å². The van der Waals surface area contributed by atoms with Crippen molar-refractivity contribution in [1.82, 2.24) is 15.5 Å². The number of hydrogen-bond donors (Lipinski definition) is 5. The first-order valence-corrected chi connectivity index (χ1v) is 6.15. The quantitative estimate of drug-likeness (QED) is 0.575. The lowest BCUT2D eigenvalue weighted by atomic mass is 10.1. The van der Waals surface area contributed by atoms with E-state index in [1.165, 1.54) is 0 Å². The molecule has 0 fully saturated rings. The van der Waals surface area contributed by atoms with Gasteiger partial charge in [-0.05, 0) is 12.5 Å². The van der Waals surface area contributed by atoms with Crippen LogP contribution in [0.4, 0.5) is 16.4 Å². The molecular formula is C13H17N5O2. The van der Waals surface area contributed by atoms with Gasteiger partial charge in [-0.15, -0.1) is 0 Å². The number of carbonyl (C=O) groups excluding carboxylic acids is 1. The number of aliphatic hydroxyl groups is 1. The van der Waals surface area contributed by atoms with Crippen molar-refractivity contribution in [1.29, 1.82) is 0 Å². The van der Waals surface area contributed by atoms with Crippen LogP contribution >= 0.6 is 0 Å². The number of aromatic amines is 1. The Labute approximate surface area is 116 Å². The van der Waals surface area contributed by atoms with Gasteiger partial charge in [0.1, 0.15) is 5.82 Å². The molecular weight excluding hydrogens is 258 g/mol. The number of nitrogen functional groups attached to an aromatic ring is 1. The van der Waals surface area contributed by atoms with E-state index < -0.39 is 12.1 Å². The summed E-state index contributed by atoms with van der Waals surface area (Å²) in [6.07, 6.45) is 0. The second kappa shape index (κ2) is 6.07. The number of aromatic nitrogens is 2. The minimum absolute atomic E-state index is 0.195. The highest BCUT2D eigenvalue weighted by Gasteiger charge is 2.15. The number of H-pyrrole nitrogens is 1. The Hall–Kier alpha value is -2.54. The summed E-state index contributed by atoms with van der Waals surface area (Å²) >= 11 is 0. The second-order valence-corrected chi connectivity index (χ2v) is 4.36. The third kappa shape index (κ3) is 3.07. The number of aliphatic hydroxyl groups excluding tert-OH is 1. The van der Waals surface area contributed by atoms with Crippen LogP contribution < -0.4 is 16.4 Å². The molecule has 1 aromatic carbocycles. The highest BCUT2D eigenvalue weighted by Crippen LogP contribution is 2.17. The first-order chi connectivity index (χ1) is 9.61. The van der Waals surface area contributed by atoms with Crippen molar-refractivity contribution in [3.05, 3.63) is 41.5 Å². The molecule has 20 heavy (non-hydrogen) atoms. The van der Waals surface area contributed by atoms with Crippen LogP contribution in [0.5, 0.6) is 0 Å². The molecule has 0 aliphatic rings. The van der Waals surface area contributed by atoms with Gasteiger partial charge in [-0.1, -0.05) is 30.3 Å². The van der Waals surface area contributed by atoms with E-state index in [-0.39, 0.29) is 6.61 Å². The minimum atomic E-state index is -0.479. The number of anilines is 2. The SMILES string of the molecule is Cc1c(NC(=O)N[C@H](CO)c2ccccc2)n[nH]c1N. The molecule has 0 saturated carbocycles. The highest BCUT2D eigenvalue weighted by molar-refractivity contribution is 5.89. The summed E-state index contributed by atoms with van der Waals surface area (Å²) in [6, 6.07) is 8.29. The van der Waals surface area contributed by atoms with Gasteiger partial charge in [-0.2, -0.15) is 5.10 Å². The predicted octanol–water partition coefficient (Wildman–Crippen LogP) is 1.16. The van der Waals surface area contributed by atoms with Crippen molar-refractivity contribution in [2.24, 2.45) is 0 Å². The van der Waals surface area contributed by atoms with Crippen LogP contribution in [0.15, 0.2) is 30.3 Å². The van der Waals surface area contributed by atoms with Crippen LogP contribution in [-0.4, -0.2) is 27.9 Å². The fourth-order valence-electron chi connectivity index (χ4n) is 1.75. The van der Waals surface area contributed by atoms with Crippen LogP contribution in [0.3, 0.4) is 0 Å². The van der Waals surface area contributed by atoms with Crippen molar-refractivity contribution in [2.75, 3.05) is 17.7 Å². The molecule has 0 aliphatic heterocycles. The zero-order valence-corrected chi connectivity index (χ0v) is 11.1. The number of carbonyl (C=O) groups is 1. The van der Waals surface area contributed by atoms with Gasteiger partial charge >= 0.3 is 6.03 Å². The molecule has 0 bridgehead atoms. The number of benzene rings is 1. The van der Waals surface area contributed by atoms with E-state index in [9.17, 15) is 9.90 Å². The molecule has 0 saturated heterocycles. The lowest BCUT2D eigenvalue weighted by Crippen LogP contribution is -2.34. The Morgan fingerprint density at radius 2 is 2.15 bits per heavy atom. The summed E-state index contributed by atoms with van der Waals surface area (Å²) in [5.74, 6) is 0.770. The van der Waals surface area contributed by atoms with E-state index in [0.717, 1.165) is 5.56 Å². The topological polar surface area (TPSA) is 116 Å². The molecule has 0 spiro atoms. The van der Waals surface area contributed by atoms with Gasteiger partial charge < -0.3 is 16.2 Å². The number of urea groups is 1. The van der Waals surface area contributed by atoms with Crippen molar-refractivity contribution in [2.45, 2.75) is 13.0 Å². The normalized spacial score (nSPS) is 11.9. The molecule has 0 unspecified atom stereocenters. The number of hydrogen-bond acceptors (Lipinski definition) is 4. The zero-order chi connectivity index (χ0) is 14.5. The molecule has 106 valence electrons. The van der Waals surface area contributed by atoms with Crippen molar-refractivity contribution >= 4 is 17.7 Å². The fourth-order valence-corrected chi connectivity index (χ4v) is 1.75. The van der Waals surface area contributed by atoms with Gasteiger partial charge in [-0.25, -0.2) is 4.79 Å². The second-order valence-electron chi connectivity index (χ2n) is 4.36. The summed E-state index contributed by atoms with van der Waals surface area (Å²) in [4.78, 5) is 11.9. The lowest BCUT2D eigenvalue weighted by molar-refractivity contribution is 0.225. The summed E-state index contributed by atoms with van der Waals surface area (Å²) in [5, 5.41) is 21.1. The molecule has 0 radical (unpaired) electrons. The van der Waals surface area contributed by atoms with Crippen LogP contribution in [-0.2, 0) is 0 Å². The lowest BCUT2D eigenvalue weighted by Gasteiger charge is -2.16. The Morgan fingerprint density at radius 1 is 1.45 bits per heavy atom. The summed E-state index contributed by atoms with van der Waals surface area (Å²) in [5.41, 5.74) is 7.09. The molecule has 1 atom stereocenters. The van der Waals surface area contributed by atoms with Gasteiger partial charge in [0, 0.05) is 5.56 Å². The molecule has 2 amide bonds. The summed E-state index contributed by atoms with van der Waals surface area (Å²) < 4.78 is 0. The largest absolute Gasteiger partial charge is 0.394 e. The van der Waals surface area contributed by atoms with E-state index >= 15 is 0 Å². The third-order valence-electron chi connectivity index (χ3n) is 2.97. The van der Waals surface area contributed by atoms with E-state index in [1.54, 1.807) is 6.92 Å². The number of amides is 2. The maximum absolute atomic E-state index is 11.9. The summed E-state index contributed by atoms with van der Waals surface area (Å²) in [6.45, 7) is 1.55. The van der Waals surface area contributed by atoms with Crippen LogP contribution in [0.2, 0.25) is 0 Å². The van der Waals surface area contributed by atoms with Crippen LogP contribution in [0.25, 0.3) is 0 Å². The van der Waals surface area contributed by atoms with Gasteiger partial charge in [0.25, 0.3) is 0 Å². The molecule has 7 heteroatoms. The van der Waals surface area contributed by atoms with Gasteiger partial charge in [0.15, 0.2) is 5.82 Å². The molecule has 7 nitrogen and oxygen atoms in total. The Kier molecular flexibility index (Phi) is 4.21. The molecule has 1 aromatic heterocycles. The minimum Gasteiger partial charge on any atom is -0.394 e. The summed E-state index contributed by atoms with van der Waals surface area (Å²) in [7, 11) is 0. The number of nitrogens with zero attached hydrogens (tertiary/aromatic N) is 1. The molecule has 0 aliphatic carbocycles. The third-order valence-corrected chi connectivity index (χ3v) is 2.97. The van der Waals surface area contributed by atoms with Gasteiger partial charge in [-0.3, -0.25) is 10.4 Å². The molecule has 6 N–H and O–H groups in total. The molecule has 2 rings (SSSR count). The maximum Gasteiger partial charge on any atom is 0.321 e.